The van der Waals surface area contributed by atoms with Gasteiger partial charge in [-0.3, -0.25) is 4.90 Å². The number of carbonyl (C=O) groups excluding carboxylic acids is 1. The van der Waals surface area contributed by atoms with Crippen LogP contribution >= 0.6 is 0 Å². The number of sulfonamides is 1. The lowest BCUT2D eigenvalue weighted by Gasteiger charge is -2.37. The number of rotatable bonds is 6. The molecule has 210 valence electrons. The SMILES string of the molecule is CS(=O)(=O)N[C@@H]1CN2C(=O)N(c3noc4cc(OC(F)F)cc(-c5c(F)cc(F)cc5F)c34)CC[C@@H]2C1(F)F. The molecule has 2 fully saturated rings. The van der Waals surface area contributed by atoms with Gasteiger partial charge in [-0.1, -0.05) is 5.16 Å². The zero-order valence-corrected chi connectivity index (χ0v) is 20.4. The van der Waals surface area contributed by atoms with Gasteiger partial charge in [0.05, 0.1) is 17.2 Å². The molecule has 39 heavy (non-hydrogen) atoms. The molecule has 0 unspecified atom stereocenters. The number of amides is 2. The molecule has 3 heterocycles. The molecule has 2 amide bonds. The maximum absolute atomic E-state index is 15.0. The summed E-state index contributed by atoms with van der Waals surface area (Å²) in [5, 5.41) is 3.45. The normalized spacial score (nSPS) is 21.2. The Morgan fingerprint density at radius 3 is 2.44 bits per heavy atom. The molecule has 5 rings (SSSR count). The Kier molecular flexibility index (Phi) is 6.40. The number of alkyl halides is 4. The molecule has 0 spiro atoms. The van der Waals surface area contributed by atoms with E-state index in [1.807, 2.05) is 4.72 Å². The second-order valence-electron chi connectivity index (χ2n) is 8.98. The number of nitrogens with one attached hydrogen (secondary N) is 1. The first kappa shape index (κ1) is 27.0. The third-order valence-corrected chi connectivity index (χ3v) is 7.12. The summed E-state index contributed by atoms with van der Waals surface area (Å²) in [4.78, 5) is 14.9. The van der Waals surface area contributed by atoms with Crippen molar-refractivity contribution in [1.82, 2.24) is 14.8 Å². The Morgan fingerprint density at radius 1 is 1.15 bits per heavy atom. The second-order valence-corrected chi connectivity index (χ2v) is 10.8. The molecular formula is C22H17F7N4O5S. The first-order valence-corrected chi connectivity index (χ1v) is 13.0. The lowest BCUT2D eigenvalue weighted by atomic mass is 9.99. The molecule has 2 aliphatic heterocycles. The Morgan fingerprint density at radius 2 is 1.82 bits per heavy atom. The summed E-state index contributed by atoms with van der Waals surface area (Å²) in [5.41, 5.74) is -1.73. The molecule has 2 atom stereocenters. The van der Waals surface area contributed by atoms with E-state index >= 15 is 0 Å². The van der Waals surface area contributed by atoms with Gasteiger partial charge in [0.25, 0.3) is 5.92 Å². The summed E-state index contributed by atoms with van der Waals surface area (Å²) in [6.45, 7) is -4.44. The van der Waals surface area contributed by atoms with E-state index in [0.29, 0.717) is 18.4 Å². The van der Waals surface area contributed by atoms with Crippen molar-refractivity contribution in [3.05, 3.63) is 41.7 Å². The molecule has 0 bridgehead atoms. The van der Waals surface area contributed by atoms with Gasteiger partial charge >= 0.3 is 12.6 Å². The molecule has 17 heteroatoms. The van der Waals surface area contributed by atoms with E-state index in [0.717, 1.165) is 21.9 Å². The number of halogens is 7. The Balaban J connectivity index is 1.61. The van der Waals surface area contributed by atoms with Crippen molar-refractivity contribution in [2.75, 3.05) is 24.2 Å². The van der Waals surface area contributed by atoms with Crippen molar-refractivity contribution >= 4 is 32.8 Å². The highest BCUT2D eigenvalue weighted by molar-refractivity contribution is 7.88. The minimum atomic E-state index is -4.06. The Bertz CT molecular complexity index is 1560. The quantitative estimate of drug-likeness (QED) is 0.440. The van der Waals surface area contributed by atoms with Gasteiger partial charge in [-0.2, -0.15) is 8.78 Å². The van der Waals surface area contributed by atoms with E-state index in [9.17, 15) is 43.9 Å². The van der Waals surface area contributed by atoms with Gasteiger partial charge in [0.1, 0.15) is 35.3 Å². The summed E-state index contributed by atoms with van der Waals surface area (Å²) in [6, 6.07) is -2.22. The molecule has 2 saturated heterocycles. The summed E-state index contributed by atoms with van der Waals surface area (Å²) in [7, 11) is -4.06. The number of urea groups is 1. The first-order chi connectivity index (χ1) is 18.2. The zero-order valence-electron chi connectivity index (χ0n) is 19.6. The van der Waals surface area contributed by atoms with Crippen LogP contribution in [0.4, 0.5) is 41.3 Å². The monoisotopic (exact) mass is 582 g/mol. The van der Waals surface area contributed by atoms with Crippen molar-refractivity contribution in [3.63, 3.8) is 0 Å². The lowest BCUT2D eigenvalue weighted by Crippen LogP contribution is -2.56. The fourth-order valence-corrected chi connectivity index (χ4v) is 5.65. The number of anilines is 1. The molecule has 2 aliphatic rings. The number of hydrogen-bond acceptors (Lipinski definition) is 6. The number of fused-ring (bicyclic) bond motifs is 2. The molecule has 9 nitrogen and oxygen atoms in total. The topological polar surface area (TPSA) is 105 Å². The van der Waals surface area contributed by atoms with Gasteiger partial charge in [0.2, 0.25) is 10.0 Å². The predicted molar refractivity (Wildman–Crippen MR) is 121 cm³/mol. The predicted octanol–water partition coefficient (Wildman–Crippen LogP) is 4.08. The number of carbonyl (C=O) groups is 1. The fourth-order valence-electron chi connectivity index (χ4n) is 4.90. The maximum Gasteiger partial charge on any atom is 0.387 e. The molecular weight excluding hydrogens is 565 g/mol. The Hall–Kier alpha value is -3.60. The second kappa shape index (κ2) is 9.25. The van der Waals surface area contributed by atoms with Gasteiger partial charge in [0, 0.05) is 36.9 Å². The van der Waals surface area contributed by atoms with E-state index in [1.54, 1.807) is 0 Å². The van der Waals surface area contributed by atoms with Crippen molar-refractivity contribution in [2.24, 2.45) is 0 Å². The minimum Gasteiger partial charge on any atom is -0.435 e. The largest absolute Gasteiger partial charge is 0.435 e. The number of nitrogens with zero attached hydrogens (tertiary/aromatic N) is 3. The molecule has 1 N–H and O–H groups in total. The highest BCUT2D eigenvalue weighted by atomic mass is 32.2. The molecule has 3 aromatic rings. The van der Waals surface area contributed by atoms with Crippen LogP contribution in [-0.2, 0) is 10.0 Å². The molecule has 2 aromatic carbocycles. The van der Waals surface area contributed by atoms with Crippen LogP contribution in [0.1, 0.15) is 6.42 Å². The number of ether oxygens (including phenoxy) is 1. The average molecular weight is 582 g/mol. The maximum atomic E-state index is 15.0. The van der Waals surface area contributed by atoms with Gasteiger partial charge in [-0.25, -0.2) is 39.9 Å². The number of benzene rings is 2. The van der Waals surface area contributed by atoms with Gasteiger partial charge < -0.3 is 14.2 Å². The average Bonchev–Trinajstić information content (AvgIpc) is 3.31. The van der Waals surface area contributed by atoms with E-state index in [-0.39, 0.29) is 17.4 Å². The van der Waals surface area contributed by atoms with Crippen LogP contribution in [0.15, 0.2) is 28.8 Å². The van der Waals surface area contributed by atoms with Crippen molar-refractivity contribution in [3.8, 4) is 16.9 Å². The zero-order chi connectivity index (χ0) is 28.4. The summed E-state index contributed by atoms with van der Waals surface area (Å²) < 4.78 is 133. The van der Waals surface area contributed by atoms with E-state index < -0.39 is 93.9 Å². The van der Waals surface area contributed by atoms with Crippen LogP contribution in [0.25, 0.3) is 22.1 Å². The van der Waals surface area contributed by atoms with Crippen molar-refractivity contribution < 1.29 is 53.2 Å². The smallest absolute Gasteiger partial charge is 0.387 e. The van der Waals surface area contributed by atoms with Crippen LogP contribution in [0.2, 0.25) is 0 Å². The molecule has 0 radical (unpaired) electrons. The van der Waals surface area contributed by atoms with Crippen LogP contribution in [0.3, 0.4) is 0 Å². The Labute approximate surface area is 215 Å². The van der Waals surface area contributed by atoms with Crippen LogP contribution in [0, 0.1) is 17.5 Å². The van der Waals surface area contributed by atoms with Gasteiger partial charge in [-0.15, -0.1) is 0 Å². The first-order valence-electron chi connectivity index (χ1n) is 11.1. The van der Waals surface area contributed by atoms with Gasteiger partial charge in [0.15, 0.2) is 11.4 Å². The minimum absolute atomic E-state index is 0.274. The third kappa shape index (κ3) is 4.73. The number of hydrogen-bond donors (Lipinski definition) is 1. The molecule has 0 aliphatic carbocycles. The summed E-state index contributed by atoms with van der Waals surface area (Å²) in [6.07, 6.45) is 0.327. The fraction of sp³-hybridized carbons (Fsp3) is 0.364. The van der Waals surface area contributed by atoms with Crippen molar-refractivity contribution in [1.29, 1.82) is 0 Å². The third-order valence-electron chi connectivity index (χ3n) is 6.41. The summed E-state index contributed by atoms with van der Waals surface area (Å²) in [5.74, 6) is -8.72. The van der Waals surface area contributed by atoms with Crippen LogP contribution in [0.5, 0.6) is 5.75 Å². The highest BCUT2D eigenvalue weighted by Gasteiger charge is 2.60. The van der Waals surface area contributed by atoms with E-state index in [2.05, 4.69) is 9.89 Å². The summed E-state index contributed by atoms with van der Waals surface area (Å²) >= 11 is 0. The molecule has 1 aromatic heterocycles. The van der Waals surface area contributed by atoms with Crippen molar-refractivity contribution in [2.45, 2.75) is 31.0 Å². The standard InChI is InChI=1S/C22H17F7N4O5S/c1-39(35,36)31-15-8-33-16(22(15,28)29)2-3-32(21(33)34)19-18-11(17-12(24)4-9(23)5-13(17)25)6-10(37-20(26)27)7-14(18)38-30-19/h4-7,15-16,20,31H,2-3,8H2,1H3/t15-,16-/m1/s1. The highest BCUT2D eigenvalue weighted by Crippen LogP contribution is 2.44. The van der Waals surface area contributed by atoms with E-state index in [1.165, 1.54) is 0 Å². The van der Waals surface area contributed by atoms with E-state index in [4.69, 9.17) is 4.52 Å². The van der Waals surface area contributed by atoms with Crippen LogP contribution in [-0.4, -0.2) is 68.5 Å². The molecule has 0 saturated carbocycles. The van der Waals surface area contributed by atoms with Crippen LogP contribution < -0.4 is 14.4 Å². The number of aromatic nitrogens is 1. The lowest BCUT2D eigenvalue weighted by molar-refractivity contribution is -0.0497. The van der Waals surface area contributed by atoms with Gasteiger partial charge in [-0.05, 0) is 12.5 Å².